The highest BCUT2D eigenvalue weighted by atomic mass is 32.2. The molecule has 1 aliphatic rings. The summed E-state index contributed by atoms with van der Waals surface area (Å²) in [5, 5.41) is 12.2. The minimum absolute atomic E-state index is 0.0147. The van der Waals surface area contributed by atoms with Crippen LogP contribution in [0.3, 0.4) is 0 Å². The number of amides is 1. The maximum absolute atomic E-state index is 12.5. The third kappa shape index (κ3) is 4.07. The zero-order valence-electron chi connectivity index (χ0n) is 13.5. The van der Waals surface area contributed by atoms with E-state index in [1.54, 1.807) is 18.2 Å². The van der Waals surface area contributed by atoms with Gasteiger partial charge in [0.2, 0.25) is 5.91 Å². The number of morpholine rings is 1. The molecule has 0 radical (unpaired) electrons. The summed E-state index contributed by atoms with van der Waals surface area (Å²) in [5.41, 5.74) is 1.08. The summed E-state index contributed by atoms with van der Waals surface area (Å²) in [6, 6.07) is 15.1. The molecule has 2 aromatic rings. The van der Waals surface area contributed by atoms with E-state index in [0.29, 0.717) is 18.1 Å². The molecule has 0 aliphatic carbocycles. The largest absolute Gasteiger partial charge is 0.618 e. The predicted octanol–water partition coefficient (Wildman–Crippen LogP) is 2.40. The molecule has 1 fully saturated rings. The number of benzene rings is 1. The van der Waals surface area contributed by atoms with Crippen molar-refractivity contribution in [3.8, 4) is 0 Å². The van der Waals surface area contributed by atoms with Crippen LogP contribution in [0, 0.1) is 5.21 Å². The zero-order valence-corrected chi connectivity index (χ0v) is 14.3. The summed E-state index contributed by atoms with van der Waals surface area (Å²) in [4.78, 5) is 14.4. The van der Waals surface area contributed by atoms with Crippen LogP contribution in [0.25, 0.3) is 0 Å². The zero-order chi connectivity index (χ0) is 16.9. The van der Waals surface area contributed by atoms with E-state index in [2.05, 4.69) is 0 Å². The van der Waals surface area contributed by atoms with Crippen LogP contribution in [0.2, 0.25) is 0 Å². The van der Waals surface area contributed by atoms with E-state index < -0.39 is 0 Å². The predicted molar refractivity (Wildman–Crippen MR) is 92.4 cm³/mol. The Morgan fingerprint density at radius 2 is 2.00 bits per heavy atom. The van der Waals surface area contributed by atoms with Gasteiger partial charge in [0.1, 0.15) is 6.10 Å². The fourth-order valence-corrected chi connectivity index (χ4v) is 3.58. The van der Waals surface area contributed by atoms with Crippen molar-refractivity contribution >= 4 is 17.7 Å². The maximum Gasteiger partial charge on any atom is 0.251 e. The molecular formula is C18H20N2O3S. The molecule has 0 spiro atoms. The van der Waals surface area contributed by atoms with E-state index in [0.717, 1.165) is 10.3 Å². The number of nitrogens with zero attached hydrogens (tertiary/aromatic N) is 2. The van der Waals surface area contributed by atoms with E-state index >= 15 is 0 Å². The van der Waals surface area contributed by atoms with Crippen LogP contribution in [0.5, 0.6) is 0 Å². The molecule has 24 heavy (non-hydrogen) atoms. The fourth-order valence-electron chi connectivity index (χ4n) is 2.76. The molecule has 1 aromatic carbocycles. The Bertz CT molecular complexity index is 696. The molecule has 6 heteroatoms. The van der Waals surface area contributed by atoms with Gasteiger partial charge in [0.25, 0.3) is 5.03 Å². The first-order chi connectivity index (χ1) is 11.6. The van der Waals surface area contributed by atoms with Crippen LogP contribution in [0.1, 0.15) is 18.6 Å². The molecule has 1 aromatic heterocycles. The Morgan fingerprint density at radius 3 is 2.75 bits per heavy atom. The summed E-state index contributed by atoms with van der Waals surface area (Å²) < 4.78 is 6.76. The summed E-state index contributed by atoms with van der Waals surface area (Å²) in [6.07, 6.45) is 1.32. The lowest BCUT2D eigenvalue weighted by atomic mass is 10.1. The third-order valence-electron chi connectivity index (χ3n) is 3.92. The second-order valence-corrected chi connectivity index (χ2v) is 6.79. The normalized spacial score (nSPS) is 20.8. The molecular weight excluding hydrogens is 324 g/mol. The van der Waals surface area contributed by atoms with E-state index in [1.807, 2.05) is 42.2 Å². The Labute approximate surface area is 145 Å². The van der Waals surface area contributed by atoms with Crippen LogP contribution in [-0.2, 0) is 9.53 Å². The fraction of sp³-hybridized carbons (Fsp3) is 0.333. The van der Waals surface area contributed by atoms with Gasteiger partial charge in [-0.3, -0.25) is 4.79 Å². The van der Waals surface area contributed by atoms with Gasteiger partial charge in [0.15, 0.2) is 6.20 Å². The molecule has 0 bridgehead atoms. The van der Waals surface area contributed by atoms with Gasteiger partial charge in [-0.15, -0.1) is 0 Å². The maximum atomic E-state index is 12.5. The van der Waals surface area contributed by atoms with Gasteiger partial charge in [-0.05, 0) is 30.3 Å². The second kappa shape index (κ2) is 7.68. The van der Waals surface area contributed by atoms with Crippen LogP contribution >= 0.6 is 11.8 Å². The molecule has 2 heterocycles. The topological polar surface area (TPSA) is 56.5 Å². The van der Waals surface area contributed by atoms with Gasteiger partial charge in [-0.1, -0.05) is 30.3 Å². The van der Waals surface area contributed by atoms with Gasteiger partial charge in [-0.2, -0.15) is 4.73 Å². The Morgan fingerprint density at radius 1 is 1.25 bits per heavy atom. The number of hydrogen-bond acceptors (Lipinski definition) is 4. The number of hydrogen-bond donors (Lipinski definition) is 0. The minimum atomic E-state index is -0.106. The summed E-state index contributed by atoms with van der Waals surface area (Å²) in [7, 11) is 0. The lowest BCUT2D eigenvalue weighted by molar-refractivity contribution is -0.645. The van der Waals surface area contributed by atoms with Crippen molar-refractivity contribution in [1.82, 2.24) is 4.90 Å². The van der Waals surface area contributed by atoms with Crippen LogP contribution < -0.4 is 4.73 Å². The molecule has 3 rings (SSSR count). The van der Waals surface area contributed by atoms with Gasteiger partial charge in [-0.25, -0.2) is 0 Å². The molecule has 0 saturated carbocycles. The van der Waals surface area contributed by atoms with Crippen molar-refractivity contribution < 1.29 is 14.3 Å². The molecule has 0 unspecified atom stereocenters. The number of thioether (sulfide) groups is 1. The first-order valence-corrected chi connectivity index (χ1v) is 8.91. The molecule has 1 saturated heterocycles. The number of aromatic nitrogens is 1. The van der Waals surface area contributed by atoms with Crippen molar-refractivity contribution in [3.05, 3.63) is 65.5 Å². The minimum Gasteiger partial charge on any atom is -0.618 e. The van der Waals surface area contributed by atoms with Crippen molar-refractivity contribution in [3.63, 3.8) is 0 Å². The van der Waals surface area contributed by atoms with Crippen molar-refractivity contribution in [1.29, 1.82) is 0 Å². The lowest BCUT2D eigenvalue weighted by Gasteiger charge is -2.37. The first kappa shape index (κ1) is 16.8. The van der Waals surface area contributed by atoms with Gasteiger partial charge >= 0.3 is 0 Å². The summed E-state index contributed by atoms with van der Waals surface area (Å²) in [6.45, 7) is 3.10. The van der Waals surface area contributed by atoms with Gasteiger partial charge in [0, 0.05) is 18.7 Å². The highest BCUT2D eigenvalue weighted by molar-refractivity contribution is 7.99. The van der Waals surface area contributed by atoms with Gasteiger partial charge in [0.05, 0.1) is 18.4 Å². The number of ether oxygens (including phenoxy) is 1. The monoisotopic (exact) mass is 344 g/mol. The first-order valence-electron chi connectivity index (χ1n) is 7.92. The smallest absolute Gasteiger partial charge is 0.251 e. The summed E-state index contributed by atoms with van der Waals surface area (Å²) >= 11 is 1.27. The Kier molecular flexibility index (Phi) is 5.37. The average molecular weight is 344 g/mol. The van der Waals surface area contributed by atoms with E-state index in [4.69, 9.17) is 4.74 Å². The second-order valence-electron chi connectivity index (χ2n) is 5.80. The van der Waals surface area contributed by atoms with E-state index in [9.17, 15) is 10.0 Å². The molecule has 126 valence electrons. The Hall–Kier alpha value is -2.05. The van der Waals surface area contributed by atoms with Crippen LogP contribution in [0.15, 0.2) is 59.8 Å². The number of carbonyl (C=O) groups excluding carboxylic acids is 1. The third-order valence-corrected chi connectivity index (χ3v) is 4.92. The molecule has 0 N–H and O–H groups in total. The van der Waals surface area contributed by atoms with Crippen molar-refractivity contribution in [2.24, 2.45) is 0 Å². The Balaban J connectivity index is 1.63. The number of pyridine rings is 1. The SMILES string of the molecule is C[C@@H]1CN(C(=O)CSc2cccc[n+]2[O-])C[C@H](c2ccccc2)O1. The van der Waals surface area contributed by atoms with Crippen LogP contribution in [-0.4, -0.2) is 35.8 Å². The number of rotatable bonds is 4. The van der Waals surface area contributed by atoms with Gasteiger partial charge < -0.3 is 14.8 Å². The lowest BCUT2D eigenvalue weighted by Crippen LogP contribution is -2.46. The standard InChI is InChI=1S/C18H20N2O3S/c1-14-11-19(12-16(23-14)15-7-3-2-4-8-15)17(21)13-24-18-9-5-6-10-20(18)22/h2-10,14,16H,11-13H2,1H3/t14-,16-/m1/s1. The molecule has 2 atom stereocenters. The average Bonchev–Trinajstić information content (AvgIpc) is 2.61. The highest BCUT2D eigenvalue weighted by Gasteiger charge is 2.29. The van der Waals surface area contributed by atoms with Crippen molar-refractivity contribution in [2.75, 3.05) is 18.8 Å². The van der Waals surface area contributed by atoms with E-state index in [1.165, 1.54) is 18.0 Å². The van der Waals surface area contributed by atoms with Crippen LogP contribution in [0.4, 0.5) is 0 Å². The molecule has 5 nitrogen and oxygen atoms in total. The quantitative estimate of drug-likeness (QED) is 0.485. The number of carbonyl (C=O) groups is 1. The van der Waals surface area contributed by atoms with Crippen molar-refractivity contribution in [2.45, 2.75) is 24.2 Å². The van der Waals surface area contributed by atoms with E-state index in [-0.39, 0.29) is 23.9 Å². The highest BCUT2D eigenvalue weighted by Crippen LogP contribution is 2.26. The summed E-state index contributed by atoms with van der Waals surface area (Å²) in [5.74, 6) is 0.278. The molecule has 1 aliphatic heterocycles. The molecule has 1 amide bonds.